The van der Waals surface area contributed by atoms with E-state index in [9.17, 15) is 4.79 Å². The van der Waals surface area contributed by atoms with Crippen LogP contribution in [0.5, 0.6) is 0 Å². The van der Waals surface area contributed by atoms with E-state index in [1.54, 1.807) is 0 Å². The van der Waals surface area contributed by atoms with Crippen LogP contribution in [0, 0.1) is 11.3 Å². The molecule has 0 bridgehead atoms. The fraction of sp³-hybridized carbons (Fsp3) is 0.800. The molecule has 0 aromatic carbocycles. The Bertz CT molecular complexity index is 260. The van der Waals surface area contributed by atoms with E-state index in [0.29, 0.717) is 17.9 Å². The van der Waals surface area contributed by atoms with Gasteiger partial charge in [-0.05, 0) is 30.6 Å². The molecule has 2 nitrogen and oxygen atoms in total. The van der Waals surface area contributed by atoms with E-state index in [-0.39, 0.29) is 5.97 Å². The van der Waals surface area contributed by atoms with Crippen LogP contribution in [0.3, 0.4) is 0 Å². The third kappa shape index (κ3) is 4.53. The van der Waals surface area contributed by atoms with Gasteiger partial charge in [0.05, 0.1) is 6.61 Å². The van der Waals surface area contributed by atoms with Gasteiger partial charge in [-0.2, -0.15) is 0 Å². The maximum absolute atomic E-state index is 10.8. The maximum Gasteiger partial charge on any atom is 0.302 e. The SMILES string of the molecule is C=CC[C@@]1(CCCCCC)CC1COC(C)=O. The molecule has 0 radical (unpaired) electrons. The third-order valence-corrected chi connectivity index (χ3v) is 3.93. The van der Waals surface area contributed by atoms with E-state index in [1.165, 1.54) is 45.4 Å². The smallest absolute Gasteiger partial charge is 0.302 e. The Morgan fingerprint density at radius 2 is 2.24 bits per heavy atom. The first-order chi connectivity index (χ1) is 8.14. The predicted octanol–water partition coefficient (Wildman–Crippen LogP) is 4.10. The first-order valence-corrected chi connectivity index (χ1v) is 6.89. The van der Waals surface area contributed by atoms with Crippen molar-refractivity contribution >= 4 is 5.97 Å². The second-order valence-electron chi connectivity index (χ2n) is 5.37. The lowest BCUT2D eigenvalue weighted by Crippen LogP contribution is -2.10. The first-order valence-electron chi connectivity index (χ1n) is 6.89. The van der Waals surface area contributed by atoms with E-state index in [1.807, 2.05) is 6.08 Å². The van der Waals surface area contributed by atoms with Crippen LogP contribution in [0.2, 0.25) is 0 Å². The van der Waals surface area contributed by atoms with Crippen LogP contribution in [-0.4, -0.2) is 12.6 Å². The van der Waals surface area contributed by atoms with Gasteiger partial charge in [0.15, 0.2) is 0 Å². The highest BCUT2D eigenvalue weighted by Crippen LogP contribution is 2.58. The monoisotopic (exact) mass is 238 g/mol. The summed E-state index contributed by atoms with van der Waals surface area (Å²) in [4.78, 5) is 10.8. The van der Waals surface area contributed by atoms with E-state index >= 15 is 0 Å². The Morgan fingerprint density at radius 1 is 1.47 bits per heavy atom. The van der Waals surface area contributed by atoms with Gasteiger partial charge in [-0.15, -0.1) is 6.58 Å². The van der Waals surface area contributed by atoms with Crippen molar-refractivity contribution < 1.29 is 9.53 Å². The van der Waals surface area contributed by atoms with Gasteiger partial charge in [0, 0.05) is 6.92 Å². The van der Waals surface area contributed by atoms with Crippen LogP contribution >= 0.6 is 0 Å². The molecule has 0 heterocycles. The highest BCUT2D eigenvalue weighted by Gasteiger charge is 2.52. The number of carbonyl (C=O) groups excluding carboxylic acids is 1. The fourth-order valence-electron chi connectivity index (χ4n) is 2.73. The average Bonchev–Trinajstić information content (AvgIpc) is 2.96. The number of hydrogen-bond donors (Lipinski definition) is 0. The van der Waals surface area contributed by atoms with Crippen molar-refractivity contribution in [1.29, 1.82) is 0 Å². The zero-order valence-corrected chi connectivity index (χ0v) is 11.3. The molecule has 1 aliphatic rings. The topological polar surface area (TPSA) is 26.3 Å². The summed E-state index contributed by atoms with van der Waals surface area (Å²) in [6.45, 7) is 8.18. The molecule has 0 saturated heterocycles. The summed E-state index contributed by atoms with van der Waals surface area (Å²) in [5, 5.41) is 0. The molecule has 1 fully saturated rings. The van der Waals surface area contributed by atoms with Gasteiger partial charge in [-0.3, -0.25) is 4.79 Å². The van der Waals surface area contributed by atoms with Crippen molar-refractivity contribution in [2.45, 2.75) is 58.8 Å². The van der Waals surface area contributed by atoms with Gasteiger partial charge in [0.2, 0.25) is 0 Å². The van der Waals surface area contributed by atoms with Crippen molar-refractivity contribution in [3.63, 3.8) is 0 Å². The summed E-state index contributed by atoms with van der Waals surface area (Å²) in [5.74, 6) is 0.418. The predicted molar refractivity (Wildman–Crippen MR) is 70.7 cm³/mol. The maximum atomic E-state index is 10.8. The molecule has 1 aliphatic carbocycles. The lowest BCUT2D eigenvalue weighted by atomic mass is 9.92. The number of carbonyl (C=O) groups is 1. The molecule has 0 N–H and O–H groups in total. The molecule has 0 aromatic rings. The Morgan fingerprint density at radius 3 is 2.82 bits per heavy atom. The van der Waals surface area contributed by atoms with Gasteiger partial charge in [-0.1, -0.05) is 38.7 Å². The summed E-state index contributed by atoms with van der Waals surface area (Å²) < 4.78 is 5.12. The number of unbranched alkanes of at least 4 members (excludes halogenated alkanes) is 3. The number of allylic oxidation sites excluding steroid dienone is 1. The highest BCUT2D eigenvalue weighted by molar-refractivity contribution is 5.65. The van der Waals surface area contributed by atoms with Gasteiger partial charge in [-0.25, -0.2) is 0 Å². The summed E-state index contributed by atoms with van der Waals surface area (Å²) in [7, 11) is 0. The Hall–Kier alpha value is -0.790. The van der Waals surface area contributed by atoms with Gasteiger partial charge in [0.1, 0.15) is 0 Å². The minimum absolute atomic E-state index is 0.157. The molecule has 98 valence electrons. The Labute approximate surface area is 105 Å². The number of ether oxygens (including phenoxy) is 1. The lowest BCUT2D eigenvalue weighted by Gasteiger charge is -2.15. The van der Waals surface area contributed by atoms with Gasteiger partial charge >= 0.3 is 5.97 Å². The van der Waals surface area contributed by atoms with Crippen LogP contribution in [0.1, 0.15) is 58.8 Å². The molecule has 0 aromatic heterocycles. The molecule has 0 spiro atoms. The summed E-state index contributed by atoms with van der Waals surface area (Å²) in [5.41, 5.74) is 0.408. The summed E-state index contributed by atoms with van der Waals surface area (Å²) >= 11 is 0. The Balaban J connectivity index is 2.28. The quantitative estimate of drug-likeness (QED) is 0.343. The molecule has 1 unspecified atom stereocenters. The third-order valence-electron chi connectivity index (χ3n) is 3.93. The number of hydrogen-bond acceptors (Lipinski definition) is 2. The normalized spacial score (nSPS) is 26.6. The Kier molecular flexibility index (Phi) is 5.73. The summed E-state index contributed by atoms with van der Waals surface area (Å²) in [6, 6.07) is 0. The van der Waals surface area contributed by atoms with E-state index in [0.717, 1.165) is 6.42 Å². The summed E-state index contributed by atoms with van der Waals surface area (Å²) in [6.07, 6.45) is 10.8. The van der Waals surface area contributed by atoms with E-state index in [4.69, 9.17) is 4.74 Å². The molecular formula is C15H26O2. The second kappa shape index (κ2) is 6.83. The molecule has 1 saturated carbocycles. The first kappa shape index (κ1) is 14.3. The lowest BCUT2D eigenvalue weighted by molar-refractivity contribution is -0.141. The van der Waals surface area contributed by atoms with Crippen LogP contribution in [0.15, 0.2) is 12.7 Å². The fourth-order valence-corrected chi connectivity index (χ4v) is 2.73. The molecule has 2 atom stereocenters. The van der Waals surface area contributed by atoms with Crippen molar-refractivity contribution in [3.05, 3.63) is 12.7 Å². The van der Waals surface area contributed by atoms with Crippen molar-refractivity contribution in [3.8, 4) is 0 Å². The molecule has 17 heavy (non-hydrogen) atoms. The van der Waals surface area contributed by atoms with Crippen LogP contribution in [0.4, 0.5) is 0 Å². The van der Waals surface area contributed by atoms with Gasteiger partial charge < -0.3 is 4.74 Å². The van der Waals surface area contributed by atoms with E-state index < -0.39 is 0 Å². The molecular weight excluding hydrogens is 212 g/mol. The van der Waals surface area contributed by atoms with Crippen molar-refractivity contribution in [1.82, 2.24) is 0 Å². The second-order valence-corrected chi connectivity index (χ2v) is 5.37. The zero-order valence-electron chi connectivity index (χ0n) is 11.3. The van der Waals surface area contributed by atoms with E-state index in [2.05, 4.69) is 13.5 Å². The van der Waals surface area contributed by atoms with Crippen molar-refractivity contribution in [2.24, 2.45) is 11.3 Å². The molecule has 2 heteroatoms. The molecule has 1 rings (SSSR count). The average molecular weight is 238 g/mol. The standard InChI is InChI=1S/C15H26O2/c1-4-6-7-8-10-15(9-5-2)11-14(15)12-17-13(3)16/h5,14H,2,4,6-12H2,1,3H3/t14?,15-/m1/s1. The minimum Gasteiger partial charge on any atom is -0.466 e. The molecule has 0 amide bonds. The zero-order chi connectivity index (χ0) is 12.7. The largest absolute Gasteiger partial charge is 0.466 e. The van der Waals surface area contributed by atoms with Crippen LogP contribution in [-0.2, 0) is 9.53 Å². The molecule has 0 aliphatic heterocycles. The van der Waals surface area contributed by atoms with Crippen molar-refractivity contribution in [2.75, 3.05) is 6.61 Å². The van der Waals surface area contributed by atoms with Crippen LogP contribution in [0.25, 0.3) is 0 Å². The number of esters is 1. The number of rotatable bonds is 9. The van der Waals surface area contributed by atoms with Crippen LogP contribution < -0.4 is 0 Å². The minimum atomic E-state index is -0.157. The highest BCUT2D eigenvalue weighted by atomic mass is 16.5. The van der Waals surface area contributed by atoms with Gasteiger partial charge in [0.25, 0.3) is 0 Å².